The SMILES string of the molecule is [NH]CC[N]CCC(=O)O. The smallest absolute Gasteiger partial charge is 0.304 e. The van der Waals surface area contributed by atoms with Crippen molar-refractivity contribution in [1.82, 2.24) is 11.1 Å². The third-order valence-corrected chi connectivity index (χ3v) is 0.754. The molecule has 0 rings (SSSR count). The van der Waals surface area contributed by atoms with Gasteiger partial charge in [-0.05, 0) is 0 Å². The summed E-state index contributed by atoms with van der Waals surface area (Å²) in [6.07, 6.45) is 0.0833. The molecule has 0 aliphatic carbocycles. The van der Waals surface area contributed by atoms with Crippen LogP contribution in [0.15, 0.2) is 0 Å². The minimum atomic E-state index is -0.830. The molecule has 0 fully saturated rings. The zero-order valence-corrected chi connectivity index (χ0v) is 5.13. The highest BCUT2D eigenvalue weighted by Gasteiger charge is 1.94. The van der Waals surface area contributed by atoms with Crippen LogP contribution in [0.3, 0.4) is 0 Å². The Hall–Kier alpha value is -0.610. The number of aliphatic carboxylic acids is 1. The lowest BCUT2D eigenvalue weighted by Gasteiger charge is -1.94. The molecule has 0 bridgehead atoms. The van der Waals surface area contributed by atoms with E-state index in [1.807, 2.05) is 0 Å². The zero-order chi connectivity index (χ0) is 7.11. The number of hydrogen-bond donors (Lipinski definition) is 1. The van der Waals surface area contributed by atoms with Crippen molar-refractivity contribution < 1.29 is 9.90 Å². The summed E-state index contributed by atoms with van der Waals surface area (Å²) in [5.41, 5.74) is 6.65. The van der Waals surface area contributed by atoms with E-state index < -0.39 is 5.97 Å². The van der Waals surface area contributed by atoms with Gasteiger partial charge in [0.05, 0.1) is 6.42 Å². The highest BCUT2D eigenvalue weighted by atomic mass is 16.4. The second-order valence-electron chi connectivity index (χ2n) is 1.56. The Bertz CT molecular complexity index is 85.0. The van der Waals surface area contributed by atoms with Gasteiger partial charge in [0, 0.05) is 19.6 Å². The van der Waals surface area contributed by atoms with Crippen LogP contribution in [0.5, 0.6) is 0 Å². The average Bonchev–Trinajstić information content (AvgIpc) is 1.80. The molecule has 0 aromatic carbocycles. The Morgan fingerprint density at radius 1 is 1.56 bits per heavy atom. The Morgan fingerprint density at radius 2 is 2.22 bits per heavy atom. The van der Waals surface area contributed by atoms with Crippen LogP contribution < -0.4 is 11.1 Å². The maximum atomic E-state index is 9.86. The fraction of sp³-hybridized carbons (Fsp3) is 0.800. The molecule has 52 valence electrons. The average molecular weight is 130 g/mol. The van der Waals surface area contributed by atoms with Crippen LogP contribution >= 0.6 is 0 Å². The Labute approximate surface area is 54.0 Å². The molecule has 0 unspecified atom stereocenters. The molecule has 2 N–H and O–H groups in total. The summed E-state index contributed by atoms with van der Waals surface area (Å²) >= 11 is 0. The largest absolute Gasteiger partial charge is 0.481 e. The number of carbonyl (C=O) groups is 1. The van der Waals surface area contributed by atoms with Crippen LogP contribution in [0, 0.1) is 0 Å². The van der Waals surface area contributed by atoms with Crippen molar-refractivity contribution in [2.24, 2.45) is 0 Å². The molecule has 0 aromatic heterocycles. The molecule has 0 heterocycles. The van der Waals surface area contributed by atoms with Crippen LogP contribution in [0.1, 0.15) is 6.42 Å². The Kier molecular flexibility index (Phi) is 5.15. The van der Waals surface area contributed by atoms with Gasteiger partial charge in [-0.1, -0.05) is 0 Å². The molecule has 4 nitrogen and oxygen atoms in total. The van der Waals surface area contributed by atoms with Gasteiger partial charge in [0.25, 0.3) is 0 Å². The lowest BCUT2D eigenvalue weighted by atomic mass is 10.4. The van der Waals surface area contributed by atoms with Gasteiger partial charge >= 0.3 is 5.97 Å². The quantitative estimate of drug-likeness (QED) is 0.502. The second kappa shape index (κ2) is 5.53. The van der Waals surface area contributed by atoms with Crippen LogP contribution in [0.25, 0.3) is 0 Å². The fourth-order valence-electron chi connectivity index (χ4n) is 0.366. The third-order valence-electron chi connectivity index (χ3n) is 0.754. The van der Waals surface area contributed by atoms with Crippen molar-refractivity contribution in [3.8, 4) is 0 Å². The Morgan fingerprint density at radius 3 is 2.67 bits per heavy atom. The molecule has 0 aromatic rings. The van der Waals surface area contributed by atoms with Crippen LogP contribution in [-0.2, 0) is 4.79 Å². The predicted molar refractivity (Wildman–Crippen MR) is 32.1 cm³/mol. The zero-order valence-electron chi connectivity index (χ0n) is 5.13. The maximum Gasteiger partial charge on any atom is 0.304 e. The second-order valence-corrected chi connectivity index (χ2v) is 1.56. The lowest BCUT2D eigenvalue weighted by molar-refractivity contribution is -0.136. The monoisotopic (exact) mass is 130 g/mol. The van der Waals surface area contributed by atoms with E-state index in [0.29, 0.717) is 13.1 Å². The summed E-state index contributed by atoms with van der Waals surface area (Å²) in [6, 6.07) is 0. The predicted octanol–water partition coefficient (Wildman–Crippen LogP) is -0.652. The highest BCUT2D eigenvalue weighted by molar-refractivity contribution is 5.66. The van der Waals surface area contributed by atoms with E-state index >= 15 is 0 Å². The number of hydrogen-bond acceptors (Lipinski definition) is 1. The first kappa shape index (κ1) is 8.39. The molecule has 0 aliphatic rings. The van der Waals surface area contributed by atoms with E-state index in [9.17, 15) is 4.79 Å². The van der Waals surface area contributed by atoms with Crippen molar-refractivity contribution in [3.63, 3.8) is 0 Å². The molecule has 0 saturated carbocycles. The van der Waals surface area contributed by atoms with E-state index in [1.165, 1.54) is 0 Å². The topological polar surface area (TPSA) is 75.2 Å². The first-order valence-electron chi connectivity index (χ1n) is 2.77. The molecule has 2 radical (unpaired) electrons. The van der Waals surface area contributed by atoms with Gasteiger partial charge in [0.15, 0.2) is 0 Å². The van der Waals surface area contributed by atoms with Gasteiger partial charge in [0.2, 0.25) is 0 Å². The van der Waals surface area contributed by atoms with Crippen molar-refractivity contribution in [2.45, 2.75) is 6.42 Å². The third kappa shape index (κ3) is 7.39. The number of carboxylic acid groups (broad SMARTS) is 1. The van der Waals surface area contributed by atoms with E-state index in [4.69, 9.17) is 10.8 Å². The minimum Gasteiger partial charge on any atom is -0.481 e. The lowest BCUT2D eigenvalue weighted by Crippen LogP contribution is -2.14. The molecular formula is C5H10N2O2. The number of nitrogens with one attached hydrogen (secondary N) is 1. The highest BCUT2D eigenvalue weighted by Crippen LogP contribution is 1.74. The number of nitrogens with zero attached hydrogens (tertiary/aromatic N) is 1. The summed E-state index contributed by atoms with van der Waals surface area (Å²) in [6.45, 7) is 1.04. The molecular weight excluding hydrogens is 120 g/mol. The molecule has 0 aliphatic heterocycles. The summed E-state index contributed by atoms with van der Waals surface area (Å²) in [5, 5.41) is 11.9. The van der Waals surface area contributed by atoms with Gasteiger partial charge in [-0.2, -0.15) is 0 Å². The summed E-state index contributed by atoms with van der Waals surface area (Å²) in [5.74, 6) is -0.830. The van der Waals surface area contributed by atoms with Gasteiger partial charge in [-0.15, -0.1) is 0 Å². The summed E-state index contributed by atoms with van der Waals surface area (Å²) in [7, 11) is 0. The van der Waals surface area contributed by atoms with E-state index in [0.717, 1.165) is 0 Å². The molecule has 9 heavy (non-hydrogen) atoms. The first-order valence-corrected chi connectivity index (χ1v) is 2.77. The normalized spacial score (nSPS) is 9.44. The van der Waals surface area contributed by atoms with Gasteiger partial charge in [0.1, 0.15) is 0 Å². The standard InChI is InChI=1S/C5H10N2O2/c6-2-4-7-3-1-5(8)9/h6H,1-4H2,(H,8,9). The van der Waals surface area contributed by atoms with Crippen molar-refractivity contribution in [2.75, 3.05) is 19.6 Å². The number of carboxylic acids is 1. The van der Waals surface area contributed by atoms with Crippen molar-refractivity contribution >= 4 is 5.97 Å². The van der Waals surface area contributed by atoms with E-state index in [2.05, 4.69) is 5.32 Å². The van der Waals surface area contributed by atoms with E-state index in [-0.39, 0.29) is 13.0 Å². The van der Waals surface area contributed by atoms with Gasteiger partial charge in [-0.25, -0.2) is 5.32 Å². The maximum absolute atomic E-state index is 9.86. The Balaban J connectivity index is 2.83. The summed E-state index contributed by atoms with van der Waals surface area (Å²) in [4.78, 5) is 9.86. The number of rotatable bonds is 5. The fourth-order valence-corrected chi connectivity index (χ4v) is 0.366. The molecule has 0 atom stereocenters. The molecule has 0 amide bonds. The molecule has 4 heteroatoms. The van der Waals surface area contributed by atoms with Crippen molar-refractivity contribution in [3.05, 3.63) is 0 Å². The molecule has 0 spiro atoms. The minimum absolute atomic E-state index is 0.0833. The van der Waals surface area contributed by atoms with E-state index in [1.54, 1.807) is 0 Å². The van der Waals surface area contributed by atoms with Crippen LogP contribution in [0.4, 0.5) is 0 Å². The first-order chi connectivity index (χ1) is 4.27. The van der Waals surface area contributed by atoms with Gasteiger partial charge in [-0.3, -0.25) is 10.5 Å². The van der Waals surface area contributed by atoms with Crippen LogP contribution in [-0.4, -0.2) is 30.7 Å². The molecule has 0 saturated heterocycles. The van der Waals surface area contributed by atoms with Crippen molar-refractivity contribution in [1.29, 1.82) is 0 Å². The summed E-state index contributed by atoms with van der Waals surface area (Å²) < 4.78 is 0. The van der Waals surface area contributed by atoms with Crippen LogP contribution in [0.2, 0.25) is 0 Å². The van der Waals surface area contributed by atoms with Gasteiger partial charge < -0.3 is 5.11 Å².